The van der Waals surface area contributed by atoms with Gasteiger partial charge in [0.15, 0.2) is 18.9 Å². The lowest BCUT2D eigenvalue weighted by molar-refractivity contribution is -0.368. The molecule has 3 aliphatic rings. The van der Waals surface area contributed by atoms with Crippen LogP contribution in [0.5, 0.6) is 0 Å². The molecule has 0 aliphatic carbocycles. The zero-order chi connectivity index (χ0) is 29.2. The van der Waals surface area contributed by atoms with E-state index in [0.29, 0.717) is 0 Å². The summed E-state index contributed by atoms with van der Waals surface area (Å²) in [7, 11) is 0. The Bertz CT molecular complexity index is 747. The van der Waals surface area contributed by atoms with Crippen LogP contribution in [-0.2, 0) is 28.4 Å². The van der Waals surface area contributed by atoms with Crippen LogP contribution in [0.4, 0.5) is 0 Å². The van der Waals surface area contributed by atoms with Crippen LogP contribution in [0.3, 0.4) is 0 Å². The zero-order valence-electron chi connectivity index (χ0n) is 21.3. The van der Waals surface area contributed by atoms with E-state index in [1.54, 1.807) is 0 Å². The van der Waals surface area contributed by atoms with Gasteiger partial charge in [0, 0.05) is 0 Å². The molecule has 0 aromatic rings. The first-order valence-corrected chi connectivity index (χ1v) is 12.6. The second-order valence-corrected chi connectivity index (χ2v) is 9.93. The van der Waals surface area contributed by atoms with Gasteiger partial charge in [-0.25, -0.2) is 0 Å². The number of aliphatic hydroxyl groups excluding tert-OH is 11. The Hall–Kier alpha value is -0.680. The number of hydrogen-bond donors (Lipinski definition) is 11. The Balaban J connectivity index is 1.64. The molecule has 0 radical (unpaired) electrons. The average molecular weight is 577 g/mol. The van der Waals surface area contributed by atoms with Crippen molar-refractivity contribution in [1.29, 1.82) is 0 Å². The van der Waals surface area contributed by atoms with Crippen LogP contribution >= 0.6 is 0 Å². The molecule has 3 aliphatic heterocycles. The van der Waals surface area contributed by atoms with Gasteiger partial charge < -0.3 is 84.6 Å². The van der Waals surface area contributed by atoms with E-state index in [1.807, 2.05) is 0 Å². The monoisotopic (exact) mass is 576 g/mol. The molecule has 3 rings (SSSR count). The average Bonchev–Trinajstić information content (AvgIpc) is 2.91. The summed E-state index contributed by atoms with van der Waals surface area (Å²) >= 11 is 0. The summed E-state index contributed by atoms with van der Waals surface area (Å²) in [5.41, 5.74) is 0. The van der Waals surface area contributed by atoms with E-state index in [0.717, 1.165) is 0 Å². The third-order valence-corrected chi connectivity index (χ3v) is 7.04. The Labute approximate surface area is 223 Å². The van der Waals surface area contributed by atoms with Gasteiger partial charge in [0.1, 0.15) is 73.2 Å². The largest absolute Gasteiger partial charge is 0.394 e. The zero-order valence-corrected chi connectivity index (χ0v) is 21.3. The fourth-order valence-corrected chi connectivity index (χ4v) is 4.56. The fourth-order valence-electron chi connectivity index (χ4n) is 4.56. The molecular formula is C22H40O17. The maximum Gasteiger partial charge on any atom is 0.187 e. The first-order chi connectivity index (χ1) is 18.3. The van der Waals surface area contributed by atoms with Gasteiger partial charge >= 0.3 is 0 Å². The number of ether oxygens (including phenoxy) is 6. The highest BCUT2D eigenvalue weighted by molar-refractivity contribution is 4.94. The summed E-state index contributed by atoms with van der Waals surface area (Å²) in [4.78, 5) is 0. The summed E-state index contributed by atoms with van der Waals surface area (Å²) in [6.07, 6.45) is -25.8. The van der Waals surface area contributed by atoms with E-state index < -0.39 is 124 Å². The first-order valence-electron chi connectivity index (χ1n) is 12.6. The standard InChI is InChI=1S/C22H40O17/c1-6-11(27)13(29)15(31)22(35-6)39-19-9(26)5-34-20(17(19)33)38-18-7(2)36-21(16(32)14(18)30)37-10(4-24)12(28)8(25)3-23/h6-33H,3-5H2,1-2H3/t6-,7-,8+,9+,10-,11-,12-,13+,14-,15+,16+,17+,18-,19-,20-,21-,22-/m0/s1. The molecule has 0 bridgehead atoms. The lowest BCUT2D eigenvalue weighted by atomic mass is 9.98. The minimum absolute atomic E-state index is 0.425. The van der Waals surface area contributed by atoms with E-state index >= 15 is 0 Å². The first kappa shape index (κ1) is 32.8. The minimum Gasteiger partial charge on any atom is -0.394 e. The summed E-state index contributed by atoms with van der Waals surface area (Å²) in [6.45, 7) is 0.758. The Morgan fingerprint density at radius 2 is 1.26 bits per heavy atom. The van der Waals surface area contributed by atoms with Crippen LogP contribution in [0.1, 0.15) is 13.8 Å². The maximum atomic E-state index is 10.8. The predicted octanol–water partition coefficient (Wildman–Crippen LogP) is -6.78. The highest BCUT2D eigenvalue weighted by atomic mass is 16.8. The molecule has 11 N–H and O–H groups in total. The second kappa shape index (κ2) is 14.0. The molecule has 17 nitrogen and oxygen atoms in total. The third-order valence-electron chi connectivity index (χ3n) is 7.04. The van der Waals surface area contributed by atoms with E-state index in [4.69, 9.17) is 33.5 Å². The third kappa shape index (κ3) is 7.22. The maximum absolute atomic E-state index is 10.8. The predicted molar refractivity (Wildman–Crippen MR) is 121 cm³/mol. The molecule has 0 spiro atoms. The van der Waals surface area contributed by atoms with E-state index in [1.165, 1.54) is 13.8 Å². The van der Waals surface area contributed by atoms with Gasteiger partial charge in [-0.3, -0.25) is 0 Å². The quantitative estimate of drug-likeness (QED) is 0.115. The van der Waals surface area contributed by atoms with Crippen molar-refractivity contribution in [3.63, 3.8) is 0 Å². The van der Waals surface area contributed by atoms with Crippen molar-refractivity contribution in [2.24, 2.45) is 0 Å². The summed E-state index contributed by atoms with van der Waals surface area (Å²) < 4.78 is 32.7. The molecule has 17 atom stereocenters. The molecule has 230 valence electrons. The molecule has 0 amide bonds. The van der Waals surface area contributed by atoms with Crippen LogP contribution in [0.15, 0.2) is 0 Å². The second-order valence-electron chi connectivity index (χ2n) is 9.93. The molecule has 39 heavy (non-hydrogen) atoms. The van der Waals surface area contributed by atoms with Gasteiger partial charge in [-0.15, -0.1) is 0 Å². The fraction of sp³-hybridized carbons (Fsp3) is 1.00. The summed E-state index contributed by atoms with van der Waals surface area (Å²) in [5, 5.41) is 111. The van der Waals surface area contributed by atoms with Gasteiger partial charge in [0.05, 0.1) is 32.0 Å². The van der Waals surface area contributed by atoms with Crippen molar-refractivity contribution < 1.29 is 84.6 Å². The van der Waals surface area contributed by atoms with Gasteiger partial charge in [0.2, 0.25) is 0 Å². The Morgan fingerprint density at radius 3 is 1.87 bits per heavy atom. The number of aliphatic hydroxyl groups is 11. The molecule has 3 heterocycles. The van der Waals surface area contributed by atoms with E-state index in [2.05, 4.69) is 0 Å². The van der Waals surface area contributed by atoms with Crippen molar-refractivity contribution in [1.82, 2.24) is 0 Å². The van der Waals surface area contributed by atoms with Gasteiger partial charge in [-0.1, -0.05) is 0 Å². The normalized spacial score (nSPS) is 47.9. The molecule has 0 saturated carbocycles. The highest BCUT2D eigenvalue weighted by Crippen LogP contribution is 2.31. The Morgan fingerprint density at radius 1 is 0.667 bits per heavy atom. The minimum atomic E-state index is -1.81. The topological polar surface area (TPSA) is 278 Å². The van der Waals surface area contributed by atoms with Crippen LogP contribution in [0, 0.1) is 0 Å². The Kier molecular flexibility index (Phi) is 11.8. The van der Waals surface area contributed by atoms with Crippen molar-refractivity contribution in [2.75, 3.05) is 19.8 Å². The molecule has 0 aromatic carbocycles. The molecule has 0 unspecified atom stereocenters. The number of rotatable bonds is 10. The van der Waals surface area contributed by atoms with Crippen LogP contribution in [0.2, 0.25) is 0 Å². The molecule has 3 fully saturated rings. The van der Waals surface area contributed by atoms with E-state index in [9.17, 15) is 51.1 Å². The van der Waals surface area contributed by atoms with Crippen molar-refractivity contribution in [3.8, 4) is 0 Å². The molecular weight excluding hydrogens is 536 g/mol. The summed E-state index contributed by atoms with van der Waals surface area (Å²) in [6, 6.07) is 0. The number of hydrogen-bond acceptors (Lipinski definition) is 17. The lowest BCUT2D eigenvalue weighted by Gasteiger charge is -2.46. The van der Waals surface area contributed by atoms with Gasteiger partial charge in [-0.05, 0) is 13.8 Å². The molecule has 3 saturated heterocycles. The van der Waals surface area contributed by atoms with E-state index in [-0.39, 0.29) is 0 Å². The van der Waals surface area contributed by atoms with Crippen LogP contribution < -0.4 is 0 Å². The molecule has 0 aromatic heterocycles. The van der Waals surface area contributed by atoms with Crippen molar-refractivity contribution >= 4 is 0 Å². The summed E-state index contributed by atoms with van der Waals surface area (Å²) in [5.74, 6) is 0. The molecule has 17 heteroatoms. The van der Waals surface area contributed by atoms with Gasteiger partial charge in [0.25, 0.3) is 0 Å². The highest BCUT2D eigenvalue weighted by Gasteiger charge is 2.51. The smallest absolute Gasteiger partial charge is 0.187 e. The van der Waals surface area contributed by atoms with Crippen LogP contribution in [0.25, 0.3) is 0 Å². The van der Waals surface area contributed by atoms with Crippen LogP contribution in [-0.4, -0.2) is 180 Å². The van der Waals surface area contributed by atoms with Gasteiger partial charge in [-0.2, -0.15) is 0 Å². The lowest BCUT2D eigenvalue weighted by Crippen LogP contribution is -2.64. The van der Waals surface area contributed by atoms with Crippen molar-refractivity contribution in [3.05, 3.63) is 0 Å². The SMILES string of the molecule is C[C@@H]1O[C@@H](O[C@@H]2[C@@H](O)[C@H](O[C@@H]3[C@@H](O)[C@@H](O)[C@H](O[C@@H](CO)[C@@H](O)[C@H](O)CO)O[C@H]3C)OC[C@H]2O)[C@H](O)[C@H](O)[C@H]1O. The van der Waals surface area contributed by atoms with Crippen molar-refractivity contribution in [2.45, 2.75) is 118 Å².